The highest BCUT2D eigenvalue weighted by Crippen LogP contribution is 2.45. The maximum absolute atomic E-state index is 14.4. The average molecular weight is 1840 g/mol. The van der Waals surface area contributed by atoms with Crippen molar-refractivity contribution in [3.05, 3.63) is 135 Å². The number of ether oxygens (including phenoxy) is 16. The fraction of sp³-hybridized carbons (Fsp3) is 0.545. The van der Waals surface area contributed by atoms with Crippen LogP contribution in [0.25, 0.3) is 0 Å². The van der Waals surface area contributed by atoms with E-state index in [1.807, 2.05) is 0 Å². The van der Waals surface area contributed by atoms with Gasteiger partial charge in [-0.1, -0.05) is 43.2 Å². The molecule has 43 nitrogen and oxygen atoms in total. The maximum atomic E-state index is 14.4. The third kappa shape index (κ3) is 28.7. The Bertz CT molecular complexity index is 4670. The number of anilines is 3. The zero-order valence-electron chi connectivity index (χ0n) is 74.1. The van der Waals surface area contributed by atoms with E-state index >= 15 is 0 Å². The van der Waals surface area contributed by atoms with Crippen molar-refractivity contribution in [2.24, 2.45) is 5.92 Å². The molecular weight excluding hydrogens is 1730 g/mol. The Hall–Kier alpha value is -11.6. The van der Waals surface area contributed by atoms with Crippen LogP contribution in [-0.2, 0) is 94.1 Å². The van der Waals surface area contributed by atoms with Crippen molar-refractivity contribution < 1.29 is 154 Å². The molecule has 0 aromatic heterocycles. The molecule has 0 bridgehead atoms. The average Bonchev–Trinajstić information content (AvgIpc) is 1.62. The number of hydrogen-bond donors (Lipinski definition) is 9. The number of imide groups is 1. The second kappa shape index (κ2) is 50.7. The first-order chi connectivity index (χ1) is 63.0. The van der Waals surface area contributed by atoms with Gasteiger partial charge < -0.3 is 132 Å². The van der Waals surface area contributed by atoms with Gasteiger partial charge in [0.25, 0.3) is 23.6 Å². The number of nitro groups is 1. The van der Waals surface area contributed by atoms with Crippen LogP contribution in [0, 0.1) is 16.0 Å². The molecule has 0 aliphatic carbocycles. The van der Waals surface area contributed by atoms with Gasteiger partial charge in [-0.2, -0.15) is 0 Å². The van der Waals surface area contributed by atoms with Crippen LogP contribution in [0.15, 0.2) is 102 Å². The van der Waals surface area contributed by atoms with Gasteiger partial charge in [0.05, 0.1) is 179 Å². The molecule has 10 amide bonds. The summed E-state index contributed by atoms with van der Waals surface area (Å²) in [5.41, 5.74) is 1.61. The van der Waals surface area contributed by atoms with E-state index in [1.165, 1.54) is 79.5 Å². The summed E-state index contributed by atoms with van der Waals surface area (Å²) in [5.74, 6) is -4.08. The SMILES string of the molecule is COc1cc2c(cc1OCCCCCOc1cc3c(cc1OC)C(=O)N1C=C(C)C[C@H]1[C@H](O)N3C(=O)OCc1ccc(O[C@@H]3OC[C@@H](O)[C@H](O)[C@H]3O)c([N+](=O)[O-])c1)N(C(=O)OCc1ccc(NC(=O)[C@H](C)NC(=O)[C@@H](NC(=O)CCOCCOCCOCCOCCOCCOCCOCCOCCNC(=O)CCN3C(=O)C=CC3=O)C(C)C)cc1)[C@@H](O)[C@@H]1CC(C)=CN1C2=O. The number of aliphatic hydroxyl groups excluding tert-OH is 5. The number of nitrogens with zero attached hydrogens (tertiary/aromatic N) is 6. The van der Waals surface area contributed by atoms with Gasteiger partial charge in [0.2, 0.25) is 29.9 Å². The van der Waals surface area contributed by atoms with Crippen molar-refractivity contribution >= 4 is 82.2 Å². The van der Waals surface area contributed by atoms with Gasteiger partial charge in [0.1, 0.15) is 43.6 Å². The molecule has 10 rings (SSSR count). The summed E-state index contributed by atoms with van der Waals surface area (Å²) >= 11 is 0. The molecule has 0 spiro atoms. The van der Waals surface area contributed by atoms with Crippen LogP contribution in [0.2, 0.25) is 0 Å². The number of nitrogens with one attached hydrogen (secondary N) is 4. The number of rotatable bonds is 53. The molecule has 0 unspecified atom stereocenters. The Balaban J connectivity index is 0.604. The summed E-state index contributed by atoms with van der Waals surface area (Å²) in [4.78, 5) is 149. The minimum atomic E-state index is -1.76. The van der Waals surface area contributed by atoms with Crippen molar-refractivity contribution in [2.45, 2.75) is 154 Å². The lowest BCUT2D eigenvalue weighted by atomic mass is 10.0. The Morgan fingerprint density at radius 2 is 0.992 bits per heavy atom. The van der Waals surface area contributed by atoms with Crippen LogP contribution in [-0.4, -0.2) is 319 Å². The lowest BCUT2D eigenvalue weighted by Crippen LogP contribution is -2.54. The number of hydrogen-bond acceptors (Lipinski definition) is 33. The molecule has 716 valence electrons. The van der Waals surface area contributed by atoms with Gasteiger partial charge >= 0.3 is 17.9 Å². The van der Waals surface area contributed by atoms with E-state index < -0.39 is 139 Å². The number of amides is 10. The van der Waals surface area contributed by atoms with Crippen LogP contribution >= 0.6 is 0 Å². The lowest BCUT2D eigenvalue weighted by Gasteiger charge is -2.34. The van der Waals surface area contributed by atoms with Crippen LogP contribution < -0.4 is 54.8 Å². The fourth-order valence-electron chi connectivity index (χ4n) is 14.4. The normalized spacial score (nSPS) is 19.6. The van der Waals surface area contributed by atoms with Gasteiger partial charge in [0.15, 0.2) is 41.2 Å². The minimum absolute atomic E-state index is 0.00156. The maximum Gasteiger partial charge on any atom is 0.416 e. The Kier molecular flexibility index (Phi) is 39.3. The molecule has 131 heavy (non-hydrogen) atoms. The van der Waals surface area contributed by atoms with Crippen molar-refractivity contribution in [1.29, 1.82) is 0 Å². The third-order valence-electron chi connectivity index (χ3n) is 21.4. The lowest BCUT2D eigenvalue weighted by molar-refractivity contribution is -0.386. The number of fused-ring (bicyclic) bond motifs is 4. The Morgan fingerprint density at radius 1 is 0.527 bits per heavy atom. The smallest absolute Gasteiger partial charge is 0.416 e. The molecule has 0 saturated carbocycles. The first kappa shape index (κ1) is 102. The molecule has 1 saturated heterocycles. The van der Waals surface area contributed by atoms with Gasteiger partial charge in [-0.3, -0.25) is 53.4 Å². The molecule has 43 heteroatoms. The van der Waals surface area contributed by atoms with Crippen LogP contribution in [0.4, 0.5) is 32.3 Å². The fourth-order valence-corrected chi connectivity index (χ4v) is 14.4. The zero-order chi connectivity index (χ0) is 94.2. The Labute approximate surface area is 755 Å². The minimum Gasteiger partial charge on any atom is -0.493 e. The largest absolute Gasteiger partial charge is 0.493 e. The van der Waals surface area contributed by atoms with E-state index in [2.05, 4.69) is 21.3 Å². The molecule has 4 aromatic rings. The van der Waals surface area contributed by atoms with Crippen molar-refractivity contribution in [2.75, 3.05) is 168 Å². The summed E-state index contributed by atoms with van der Waals surface area (Å²) in [6.45, 7) is 12.8. The highest BCUT2D eigenvalue weighted by molar-refractivity contribution is 6.13. The van der Waals surface area contributed by atoms with E-state index in [4.69, 9.17) is 75.8 Å². The molecule has 6 aliphatic heterocycles. The first-order valence-electron chi connectivity index (χ1n) is 43.0. The highest BCUT2D eigenvalue weighted by Gasteiger charge is 2.48. The molecule has 6 heterocycles. The predicted molar refractivity (Wildman–Crippen MR) is 460 cm³/mol. The van der Waals surface area contributed by atoms with Crippen LogP contribution in [0.3, 0.4) is 0 Å². The zero-order valence-corrected chi connectivity index (χ0v) is 74.1. The molecule has 10 atom stereocenters. The van der Waals surface area contributed by atoms with Crippen molar-refractivity contribution in [3.8, 4) is 28.7 Å². The van der Waals surface area contributed by atoms with Crippen LogP contribution in [0.1, 0.15) is 111 Å². The van der Waals surface area contributed by atoms with E-state index in [0.717, 1.165) is 31.9 Å². The molecule has 0 radical (unpaired) electrons. The van der Waals surface area contributed by atoms with Crippen LogP contribution in [0.5, 0.6) is 28.7 Å². The van der Waals surface area contributed by atoms with Gasteiger partial charge in [-0.25, -0.2) is 19.4 Å². The number of nitro benzene ring substituents is 1. The van der Waals surface area contributed by atoms with E-state index in [0.29, 0.717) is 110 Å². The van der Waals surface area contributed by atoms with Gasteiger partial charge in [-0.05, 0) is 100 Å². The number of methoxy groups -OCH3 is 2. The van der Waals surface area contributed by atoms with E-state index in [9.17, 15) is 83.6 Å². The summed E-state index contributed by atoms with van der Waals surface area (Å²) in [5, 5.41) is 77.5. The highest BCUT2D eigenvalue weighted by atomic mass is 16.7. The quantitative estimate of drug-likeness (QED) is 0.0131. The number of unbranched alkanes of at least 4 members (excludes halogenated alkanes) is 2. The summed E-state index contributed by atoms with van der Waals surface area (Å²) in [7, 11) is 2.74. The molecule has 4 aromatic carbocycles. The van der Waals surface area contributed by atoms with E-state index in [-0.39, 0.29) is 154 Å². The number of benzene rings is 4. The van der Waals surface area contributed by atoms with Gasteiger partial charge in [0, 0.05) is 74.4 Å². The molecule has 6 aliphatic rings. The topological polar surface area (TPSA) is 527 Å². The van der Waals surface area contributed by atoms with Crippen molar-refractivity contribution in [1.82, 2.24) is 30.7 Å². The van der Waals surface area contributed by atoms with Gasteiger partial charge in [-0.15, -0.1) is 0 Å². The van der Waals surface area contributed by atoms with E-state index in [1.54, 1.807) is 64.4 Å². The number of carbonyl (C=O) groups is 10. The first-order valence-corrected chi connectivity index (χ1v) is 43.0. The third-order valence-corrected chi connectivity index (χ3v) is 21.4. The second-order valence-corrected chi connectivity index (χ2v) is 31.4. The molecular formula is C88H116N10O33. The van der Waals surface area contributed by atoms with Crippen molar-refractivity contribution in [3.63, 3.8) is 0 Å². The predicted octanol–water partition coefficient (Wildman–Crippen LogP) is 3.78. The molecule has 9 N–H and O–H groups in total. The standard InChI is InChI=1S/C88H116N10O33/c1-53(2)77(92-74(101)20-25-118-27-29-120-31-33-122-35-37-124-39-40-125-38-36-123-34-32-121-30-28-119-26-21-89-73(100)19-22-93-75(102)17-18-76(93)103)81(107)90-56(5)80(106)91-59-14-11-57(12-15-59)50-129-87(112)96-62-46-71(69(116-6)44-60(62)82(108)94-48-54(3)41-65(94)84(96)110)126-23-9-8-10-24-127-72-47-63-61(45-70(72)117-7)83(109)95-49-55(4)42-66(95)85(111)97(63)88(113)130-51-58-13-16-68(64(43-58)98(114)115)131-86-79(105)78(104)67(99)52-128-86/h11-18,43-49,53,56,65-67,77-79,84-86,99,104-105,110-111H,8-10,19-42,50-52H2,1-7H3,(H,89,100)(H,90,107)(H,91,106)(H,92,101)/t56-,65-,66-,67+,77-,78-,79+,84-,85-,86-/m0/s1. The Morgan fingerprint density at radius 3 is 1.47 bits per heavy atom. The monoisotopic (exact) mass is 1840 g/mol. The summed E-state index contributed by atoms with van der Waals surface area (Å²) < 4.78 is 90.3. The summed E-state index contributed by atoms with van der Waals surface area (Å²) in [6.07, 6.45) is -4.63. The second-order valence-electron chi connectivity index (χ2n) is 31.4. The molecule has 1 fully saturated rings. The summed E-state index contributed by atoms with van der Waals surface area (Å²) in [6, 6.07) is 11.6. The number of aliphatic hydroxyl groups is 5. The number of carbonyl (C=O) groups excluding carboxylic acids is 10.